The summed E-state index contributed by atoms with van der Waals surface area (Å²) in [5.41, 5.74) is 0.449. The minimum Gasteiger partial charge on any atom is -0.392 e. The lowest BCUT2D eigenvalue weighted by Crippen LogP contribution is -2.37. The Morgan fingerprint density at radius 2 is 1.55 bits per heavy atom. The Labute approximate surface area is 122 Å². The summed E-state index contributed by atoms with van der Waals surface area (Å²) in [7, 11) is -3.56. The van der Waals surface area contributed by atoms with Gasteiger partial charge >= 0.3 is 0 Å². The molecule has 0 radical (unpaired) electrons. The summed E-state index contributed by atoms with van der Waals surface area (Å²) in [6, 6.07) is 6.64. The van der Waals surface area contributed by atoms with E-state index in [1.165, 1.54) is 4.31 Å². The molecule has 0 amide bonds. The van der Waals surface area contributed by atoms with Gasteiger partial charge in [0.15, 0.2) is 0 Å². The summed E-state index contributed by atoms with van der Waals surface area (Å²) in [6.07, 6.45) is 0. The minimum absolute atomic E-state index is 0.212. The molecule has 5 heteroatoms. The largest absolute Gasteiger partial charge is 0.392 e. The zero-order valence-electron chi connectivity index (χ0n) is 12.7. The average molecular weight is 299 g/mol. The maximum absolute atomic E-state index is 12.8. The Morgan fingerprint density at radius 1 is 1.05 bits per heavy atom. The van der Waals surface area contributed by atoms with E-state index in [-0.39, 0.29) is 23.3 Å². The topological polar surface area (TPSA) is 57.6 Å². The summed E-state index contributed by atoms with van der Waals surface area (Å²) in [5.74, 6) is 0.509. The van der Waals surface area contributed by atoms with Crippen molar-refractivity contribution < 1.29 is 13.5 Å². The lowest BCUT2D eigenvalue weighted by molar-refractivity contribution is 0.277. The van der Waals surface area contributed by atoms with Crippen LogP contribution in [0.25, 0.3) is 0 Å². The molecule has 0 saturated heterocycles. The van der Waals surface area contributed by atoms with Crippen molar-refractivity contribution in [1.29, 1.82) is 0 Å². The number of rotatable bonds is 7. The van der Waals surface area contributed by atoms with Gasteiger partial charge in [-0.1, -0.05) is 45.9 Å². The standard InChI is InChI=1S/C15H25NO3S/c1-12(2)9-16(10-13(3)4)20(18,19)15-8-6-5-7-14(15)11-17/h5-8,12-13,17H,9-11H2,1-4H3. The summed E-state index contributed by atoms with van der Waals surface area (Å²) < 4.78 is 27.1. The third-order valence-electron chi connectivity index (χ3n) is 2.90. The second kappa shape index (κ2) is 7.20. The van der Waals surface area contributed by atoms with Crippen molar-refractivity contribution in [2.75, 3.05) is 13.1 Å². The van der Waals surface area contributed by atoms with Crippen LogP contribution in [0.2, 0.25) is 0 Å². The van der Waals surface area contributed by atoms with Gasteiger partial charge < -0.3 is 5.11 Å². The van der Waals surface area contributed by atoms with Crippen molar-refractivity contribution in [2.45, 2.75) is 39.2 Å². The predicted molar refractivity (Wildman–Crippen MR) is 80.8 cm³/mol. The SMILES string of the molecule is CC(C)CN(CC(C)C)S(=O)(=O)c1ccccc1CO. The monoisotopic (exact) mass is 299 g/mol. The van der Waals surface area contributed by atoms with Gasteiger partial charge in [-0.05, 0) is 23.5 Å². The Morgan fingerprint density at radius 3 is 2.00 bits per heavy atom. The second-order valence-electron chi connectivity index (χ2n) is 5.88. The number of nitrogens with zero attached hydrogens (tertiary/aromatic N) is 1. The summed E-state index contributed by atoms with van der Waals surface area (Å²) in [4.78, 5) is 0.212. The van der Waals surface area contributed by atoms with Crippen molar-refractivity contribution in [3.05, 3.63) is 29.8 Å². The highest BCUT2D eigenvalue weighted by Gasteiger charge is 2.27. The molecule has 0 spiro atoms. The molecular formula is C15H25NO3S. The van der Waals surface area contributed by atoms with E-state index >= 15 is 0 Å². The molecule has 0 aromatic heterocycles. The van der Waals surface area contributed by atoms with Crippen LogP contribution >= 0.6 is 0 Å². The highest BCUT2D eigenvalue weighted by atomic mass is 32.2. The summed E-state index contributed by atoms with van der Waals surface area (Å²) >= 11 is 0. The molecule has 0 atom stereocenters. The third-order valence-corrected chi connectivity index (χ3v) is 4.83. The molecule has 0 heterocycles. The van der Waals surface area contributed by atoms with Crippen LogP contribution in [0.15, 0.2) is 29.2 Å². The lowest BCUT2D eigenvalue weighted by Gasteiger charge is -2.26. The van der Waals surface area contributed by atoms with Gasteiger partial charge in [0.05, 0.1) is 11.5 Å². The van der Waals surface area contributed by atoms with E-state index in [4.69, 9.17) is 0 Å². The van der Waals surface area contributed by atoms with Gasteiger partial charge in [0, 0.05) is 13.1 Å². The van der Waals surface area contributed by atoms with Crippen molar-refractivity contribution in [3.8, 4) is 0 Å². The molecule has 0 aliphatic rings. The van der Waals surface area contributed by atoms with Crippen molar-refractivity contribution in [2.24, 2.45) is 11.8 Å². The van der Waals surface area contributed by atoms with E-state index in [9.17, 15) is 13.5 Å². The highest BCUT2D eigenvalue weighted by molar-refractivity contribution is 7.89. The van der Waals surface area contributed by atoms with Crippen LogP contribution in [0.5, 0.6) is 0 Å². The van der Waals surface area contributed by atoms with E-state index in [0.29, 0.717) is 18.7 Å². The van der Waals surface area contributed by atoms with Gasteiger partial charge in [0.1, 0.15) is 0 Å². The molecular weight excluding hydrogens is 274 g/mol. The van der Waals surface area contributed by atoms with Crippen molar-refractivity contribution >= 4 is 10.0 Å². The fraction of sp³-hybridized carbons (Fsp3) is 0.600. The molecule has 114 valence electrons. The molecule has 1 N–H and O–H groups in total. The molecule has 0 aliphatic heterocycles. The second-order valence-corrected chi connectivity index (χ2v) is 7.78. The highest BCUT2D eigenvalue weighted by Crippen LogP contribution is 2.22. The van der Waals surface area contributed by atoms with E-state index in [0.717, 1.165) is 0 Å². The maximum atomic E-state index is 12.8. The first-order valence-corrected chi connectivity index (χ1v) is 8.42. The number of hydrogen-bond donors (Lipinski definition) is 1. The van der Waals surface area contributed by atoms with E-state index in [2.05, 4.69) is 0 Å². The Hall–Kier alpha value is -0.910. The first-order chi connectivity index (χ1) is 9.28. The van der Waals surface area contributed by atoms with Crippen LogP contribution in [0.3, 0.4) is 0 Å². The van der Waals surface area contributed by atoms with Crippen LogP contribution in [-0.2, 0) is 16.6 Å². The third kappa shape index (κ3) is 4.30. The fourth-order valence-corrected chi connectivity index (χ4v) is 4.09. The zero-order valence-corrected chi connectivity index (χ0v) is 13.5. The quantitative estimate of drug-likeness (QED) is 0.841. The van der Waals surface area contributed by atoms with Gasteiger partial charge in [-0.25, -0.2) is 8.42 Å². The van der Waals surface area contributed by atoms with Gasteiger partial charge in [-0.2, -0.15) is 4.31 Å². The molecule has 1 rings (SSSR count). The molecule has 0 aliphatic carbocycles. The number of sulfonamides is 1. The molecule has 0 fully saturated rings. The van der Waals surface area contributed by atoms with E-state index in [1.54, 1.807) is 24.3 Å². The molecule has 4 nitrogen and oxygen atoms in total. The molecule has 1 aromatic carbocycles. The zero-order chi connectivity index (χ0) is 15.3. The van der Waals surface area contributed by atoms with Crippen molar-refractivity contribution in [1.82, 2.24) is 4.31 Å². The maximum Gasteiger partial charge on any atom is 0.243 e. The van der Waals surface area contributed by atoms with E-state index < -0.39 is 10.0 Å². The van der Waals surface area contributed by atoms with Crippen LogP contribution < -0.4 is 0 Å². The average Bonchev–Trinajstić information content (AvgIpc) is 2.36. The molecule has 0 bridgehead atoms. The fourth-order valence-electron chi connectivity index (χ4n) is 2.11. The smallest absolute Gasteiger partial charge is 0.243 e. The molecule has 0 unspecified atom stereocenters. The van der Waals surface area contributed by atoms with Gasteiger partial charge in [0.25, 0.3) is 0 Å². The number of aliphatic hydroxyl groups excluding tert-OH is 1. The van der Waals surface area contributed by atoms with E-state index in [1.807, 2.05) is 27.7 Å². The normalized spacial score (nSPS) is 12.6. The van der Waals surface area contributed by atoms with Crippen LogP contribution in [0, 0.1) is 11.8 Å². The summed E-state index contributed by atoms with van der Waals surface area (Å²) in [6.45, 7) is 8.70. The van der Waals surface area contributed by atoms with Crippen LogP contribution in [-0.4, -0.2) is 30.9 Å². The lowest BCUT2D eigenvalue weighted by atomic mass is 10.2. The van der Waals surface area contributed by atoms with Gasteiger partial charge in [0.2, 0.25) is 10.0 Å². The first kappa shape index (κ1) is 17.1. The van der Waals surface area contributed by atoms with Gasteiger partial charge in [-0.3, -0.25) is 0 Å². The number of aliphatic hydroxyl groups is 1. The van der Waals surface area contributed by atoms with Gasteiger partial charge in [-0.15, -0.1) is 0 Å². The minimum atomic E-state index is -3.56. The Balaban J connectivity index is 3.21. The Kier molecular flexibility index (Phi) is 6.17. The van der Waals surface area contributed by atoms with Crippen molar-refractivity contribution in [3.63, 3.8) is 0 Å². The van der Waals surface area contributed by atoms with Crippen LogP contribution in [0.4, 0.5) is 0 Å². The molecule has 0 saturated carbocycles. The Bertz CT molecular complexity index is 514. The number of hydrogen-bond acceptors (Lipinski definition) is 3. The predicted octanol–water partition coefficient (Wildman–Crippen LogP) is 2.48. The molecule has 20 heavy (non-hydrogen) atoms. The van der Waals surface area contributed by atoms with Crippen LogP contribution in [0.1, 0.15) is 33.3 Å². The number of benzene rings is 1. The summed E-state index contributed by atoms with van der Waals surface area (Å²) in [5, 5.41) is 9.34. The first-order valence-electron chi connectivity index (χ1n) is 6.98. The molecule has 1 aromatic rings.